The molecule has 194 valence electrons. The largest absolute Gasteiger partial charge is 0.461 e. The van der Waals surface area contributed by atoms with Crippen molar-refractivity contribution in [2.24, 2.45) is 0 Å². The van der Waals surface area contributed by atoms with Gasteiger partial charge in [0, 0.05) is 29.7 Å². The number of aromatic nitrogens is 1. The molecule has 5 nitrogen and oxygen atoms in total. The van der Waals surface area contributed by atoms with Crippen molar-refractivity contribution in [3.8, 4) is 5.75 Å². The molecule has 0 aliphatic heterocycles. The molecule has 0 fully saturated rings. The quantitative estimate of drug-likeness (QED) is 0.119. The number of alkyl halides is 1. The van der Waals surface area contributed by atoms with E-state index in [4.69, 9.17) is 55.9 Å². The number of halogens is 5. The van der Waals surface area contributed by atoms with Gasteiger partial charge in [0.2, 0.25) is 0 Å². The minimum atomic E-state index is -0.428. The second-order valence-electron chi connectivity index (χ2n) is 7.78. The first kappa shape index (κ1) is 29.3. The summed E-state index contributed by atoms with van der Waals surface area (Å²) < 4.78 is 12.1. The summed E-state index contributed by atoms with van der Waals surface area (Å²) in [4.78, 5) is 23.6. The molecule has 10 heteroatoms. The topological polar surface area (TPSA) is 57.5 Å². The van der Waals surface area contributed by atoms with Crippen molar-refractivity contribution in [3.63, 3.8) is 0 Å². The Morgan fingerprint density at radius 3 is 2.03 bits per heavy atom. The second-order valence-corrected chi connectivity index (χ2v) is 9.97. The van der Waals surface area contributed by atoms with Gasteiger partial charge in [-0.15, -0.1) is 0 Å². The average Bonchev–Trinajstić information content (AvgIpc) is 3.21. The first-order valence-corrected chi connectivity index (χ1v) is 13.7. The van der Waals surface area contributed by atoms with Crippen LogP contribution in [-0.2, 0) is 21.4 Å². The molecule has 3 aromatic carbocycles. The summed E-state index contributed by atoms with van der Waals surface area (Å²) >= 11 is 26.8. The number of fused-ring (bicyclic) bond motifs is 1. The lowest BCUT2D eigenvalue weighted by Gasteiger charge is -2.11. The normalized spacial score (nSPS) is 10.6. The molecule has 0 aliphatic carbocycles. The number of nitrogens with zero attached hydrogens (tertiary/aromatic N) is 1. The predicted octanol–water partition coefficient (Wildman–Crippen LogP) is 8.99. The summed E-state index contributed by atoms with van der Waals surface area (Å²) in [6.07, 6.45) is 0. The molecule has 0 unspecified atom stereocenters. The number of rotatable bonds is 6. The van der Waals surface area contributed by atoms with Crippen molar-refractivity contribution >= 4 is 85.2 Å². The molecule has 0 saturated heterocycles. The zero-order valence-corrected chi connectivity index (χ0v) is 24.5. The van der Waals surface area contributed by atoms with Crippen molar-refractivity contribution in [2.45, 2.75) is 25.7 Å². The molecular weight excluding hydrogens is 624 g/mol. The maximum atomic E-state index is 12.4. The maximum Gasteiger partial charge on any atom is 0.354 e. The number of carbonyl (C=O) groups excluding carboxylic acids is 2. The lowest BCUT2D eigenvalue weighted by atomic mass is 10.2. The minimum Gasteiger partial charge on any atom is -0.461 e. The van der Waals surface area contributed by atoms with Gasteiger partial charge in [0.05, 0.1) is 26.7 Å². The molecule has 0 amide bonds. The molecule has 4 rings (SSSR count). The molecule has 1 aromatic heterocycles. The van der Waals surface area contributed by atoms with Crippen LogP contribution in [0.3, 0.4) is 0 Å². The predicted molar refractivity (Wildman–Crippen MR) is 154 cm³/mol. The summed E-state index contributed by atoms with van der Waals surface area (Å²) in [5, 5.41) is 3.70. The van der Waals surface area contributed by atoms with E-state index in [1.54, 1.807) is 49.4 Å². The van der Waals surface area contributed by atoms with Gasteiger partial charge in [-0.25, -0.2) is 4.79 Å². The molecule has 0 aliphatic rings. The summed E-state index contributed by atoms with van der Waals surface area (Å²) in [5.41, 5.74) is 3.23. The third-order valence-electron chi connectivity index (χ3n) is 5.08. The lowest BCUT2D eigenvalue weighted by molar-refractivity contribution is -0.131. The van der Waals surface area contributed by atoms with Crippen LogP contribution in [0, 0.1) is 0 Å². The smallest absolute Gasteiger partial charge is 0.354 e. The van der Waals surface area contributed by atoms with Gasteiger partial charge in [0.1, 0.15) is 11.4 Å². The minimum absolute atomic E-state index is 0.270. The highest BCUT2D eigenvalue weighted by Gasteiger charge is 2.18. The summed E-state index contributed by atoms with van der Waals surface area (Å²) in [7, 11) is 0. The van der Waals surface area contributed by atoms with Crippen molar-refractivity contribution in [2.75, 3.05) is 6.61 Å². The molecule has 37 heavy (non-hydrogen) atoms. The third-order valence-corrected chi connectivity index (χ3v) is 7.21. The molecule has 0 spiro atoms. The van der Waals surface area contributed by atoms with Crippen LogP contribution in [0.1, 0.15) is 35.5 Å². The number of hydrogen-bond donors (Lipinski definition) is 0. The number of carbonyl (C=O) groups is 2. The van der Waals surface area contributed by atoms with Crippen LogP contribution >= 0.6 is 62.3 Å². The molecule has 4 aromatic rings. The van der Waals surface area contributed by atoms with Crippen molar-refractivity contribution in [1.29, 1.82) is 0 Å². The number of esters is 2. The third kappa shape index (κ3) is 7.88. The van der Waals surface area contributed by atoms with Gasteiger partial charge in [-0.05, 0) is 66.6 Å². The number of ether oxygens (including phenoxy) is 2. The maximum absolute atomic E-state index is 12.4. The van der Waals surface area contributed by atoms with E-state index in [-0.39, 0.29) is 6.61 Å². The van der Waals surface area contributed by atoms with Gasteiger partial charge in [-0.2, -0.15) is 0 Å². The molecule has 0 radical (unpaired) electrons. The van der Waals surface area contributed by atoms with E-state index in [0.717, 1.165) is 27.4 Å². The number of benzene rings is 3. The van der Waals surface area contributed by atoms with E-state index < -0.39 is 11.9 Å². The zero-order chi connectivity index (χ0) is 27.1. The van der Waals surface area contributed by atoms with Crippen LogP contribution in [-0.4, -0.2) is 23.1 Å². The van der Waals surface area contributed by atoms with Crippen molar-refractivity contribution in [3.05, 3.63) is 97.6 Å². The molecule has 0 saturated carbocycles. The van der Waals surface area contributed by atoms with Crippen LogP contribution in [0.4, 0.5) is 0 Å². The fourth-order valence-electron chi connectivity index (χ4n) is 3.47. The van der Waals surface area contributed by atoms with E-state index in [1.807, 2.05) is 22.8 Å². The van der Waals surface area contributed by atoms with Gasteiger partial charge < -0.3 is 14.0 Å². The van der Waals surface area contributed by atoms with Crippen molar-refractivity contribution in [1.82, 2.24) is 4.57 Å². The van der Waals surface area contributed by atoms with Gasteiger partial charge >= 0.3 is 11.9 Å². The van der Waals surface area contributed by atoms with Crippen LogP contribution in [0.15, 0.2) is 60.7 Å². The fraction of sp³-hybridized carbons (Fsp3) is 0.185. The summed E-state index contributed by atoms with van der Waals surface area (Å²) in [6.45, 7) is 3.76. The molecule has 0 atom stereocenters. The Morgan fingerprint density at radius 1 is 0.838 bits per heavy atom. The standard InChI is InChI=1S/C20H17Cl2NO4.C7H5BrCl2/c1-3-26-20(25)19-10-14-9-15(27-12(2)24)5-7-18(14)23(19)11-13-4-6-16(21)17(22)8-13;8-4-5-1-2-6(9)7(10)3-5/h4-10H,3,11H2,1-2H3;1-3H,4H2. The summed E-state index contributed by atoms with van der Waals surface area (Å²) in [6, 6.07) is 17.8. The van der Waals surface area contributed by atoms with Gasteiger partial charge in [0.25, 0.3) is 0 Å². The Kier molecular flexibility index (Phi) is 10.7. The second kappa shape index (κ2) is 13.5. The molecule has 0 N–H and O–H groups in total. The summed E-state index contributed by atoms with van der Waals surface area (Å²) in [5.74, 6) is -0.421. The van der Waals surface area contributed by atoms with E-state index in [0.29, 0.717) is 38.1 Å². The first-order chi connectivity index (χ1) is 17.6. The zero-order valence-electron chi connectivity index (χ0n) is 19.9. The molecule has 1 heterocycles. The Bertz CT molecular complexity index is 1440. The van der Waals surface area contributed by atoms with Crippen LogP contribution in [0.25, 0.3) is 10.9 Å². The Balaban J connectivity index is 0.000000319. The fourth-order valence-corrected chi connectivity index (χ4v) is 4.46. The van der Waals surface area contributed by atoms with E-state index in [2.05, 4.69) is 15.9 Å². The van der Waals surface area contributed by atoms with Crippen LogP contribution in [0.2, 0.25) is 20.1 Å². The van der Waals surface area contributed by atoms with E-state index in [9.17, 15) is 9.59 Å². The Hall–Kier alpha value is -2.22. The van der Waals surface area contributed by atoms with Crippen LogP contribution < -0.4 is 4.74 Å². The van der Waals surface area contributed by atoms with E-state index >= 15 is 0 Å². The van der Waals surface area contributed by atoms with Gasteiger partial charge in [-0.3, -0.25) is 4.79 Å². The molecular formula is C27H22BrCl4NO4. The highest BCUT2D eigenvalue weighted by Crippen LogP contribution is 2.28. The van der Waals surface area contributed by atoms with Crippen LogP contribution in [0.5, 0.6) is 5.75 Å². The Morgan fingerprint density at radius 2 is 1.46 bits per heavy atom. The van der Waals surface area contributed by atoms with E-state index in [1.165, 1.54) is 6.92 Å². The van der Waals surface area contributed by atoms with Crippen molar-refractivity contribution < 1.29 is 19.1 Å². The SMILES string of the molecule is CCOC(=O)c1cc2cc(OC(C)=O)ccc2n1Cc1ccc(Cl)c(Cl)c1.Clc1ccc(CBr)cc1Cl. The molecule has 0 bridgehead atoms. The lowest BCUT2D eigenvalue weighted by Crippen LogP contribution is -2.12. The monoisotopic (exact) mass is 643 g/mol. The highest BCUT2D eigenvalue weighted by molar-refractivity contribution is 9.08. The number of hydrogen-bond acceptors (Lipinski definition) is 4. The van der Waals surface area contributed by atoms with Gasteiger partial charge in [0.15, 0.2) is 0 Å². The first-order valence-electron chi connectivity index (χ1n) is 11.1. The average molecular weight is 646 g/mol. The van der Waals surface area contributed by atoms with Gasteiger partial charge in [-0.1, -0.05) is 74.5 Å². The Labute approximate surface area is 243 Å². The highest BCUT2D eigenvalue weighted by atomic mass is 79.9.